The van der Waals surface area contributed by atoms with Crippen molar-refractivity contribution in [2.45, 2.75) is 26.4 Å². The molecule has 0 spiro atoms. The van der Waals surface area contributed by atoms with E-state index in [0.29, 0.717) is 24.0 Å². The van der Waals surface area contributed by atoms with Crippen LogP contribution >= 0.6 is 0 Å². The van der Waals surface area contributed by atoms with Gasteiger partial charge in [0.05, 0.1) is 10.9 Å². The molecule has 1 N–H and O–H groups in total. The number of amides is 1. The first-order valence-electron chi connectivity index (χ1n) is 8.63. The van der Waals surface area contributed by atoms with Crippen molar-refractivity contribution in [3.05, 3.63) is 81.0 Å². The molecule has 3 aromatic rings. The Kier molecular flexibility index (Phi) is 5.31. The average Bonchev–Trinajstić information content (AvgIpc) is 2.65. The summed E-state index contributed by atoms with van der Waals surface area (Å²) in [4.78, 5) is 41.1. The van der Waals surface area contributed by atoms with Crippen LogP contribution in [0.1, 0.15) is 18.9 Å². The summed E-state index contributed by atoms with van der Waals surface area (Å²) in [5.74, 6) is -0.157. The number of rotatable bonds is 6. The van der Waals surface area contributed by atoms with Crippen molar-refractivity contribution >= 4 is 16.8 Å². The zero-order chi connectivity index (χ0) is 18.5. The van der Waals surface area contributed by atoms with E-state index in [4.69, 9.17) is 0 Å². The van der Waals surface area contributed by atoms with Crippen molar-refractivity contribution in [3.8, 4) is 0 Å². The number of nitrogens with zero attached hydrogens (tertiary/aromatic N) is 2. The summed E-state index contributed by atoms with van der Waals surface area (Å²) < 4.78 is 1.33. The van der Waals surface area contributed by atoms with Gasteiger partial charge in [-0.2, -0.15) is 0 Å². The highest BCUT2D eigenvalue weighted by Crippen LogP contribution is 2.09. The third-order valence-electron chi connectivity index (χ3n) is 4.26. The standard InChI is InChI=1S/C20H21N3O3/c1-2-12-22(13-15-8-4-3-5-9-15)18(24)14-23-17-11-7-6-10-16(17)19(25)21-20(23)26/h3-11H,2,12-14H2,1H3,(H,21,25,26). The molecule has 0 aliphatic heterocycles. The molecule has 3 rings (SSSR count). The minimum atomic E-state index is -0.571. The second-order valence-electron chi connectivity index (χ2n) is 6.16. The molecule has 0 radical (unpaired) electrons. The maximum Gasteiger partial charge on any atom is 0.329 e. The van der Waals surface area contributed by atoms with Crippen LogP contribution < -0.4 is 11.2 Å². The Morgan fingerprint density at radius 2 is 1.73 bits per heavy atom. The monoisotopic (exact) mass is 351 g/mol. The highest BCUT2D eigenvalue weighted by atomic mass is 16.2. The zero-order valence-electron chi connectivity index (χ0n) is 14.6. The van der Waals surface area contributed by atoms with Gasteiger partial charge in [0.1, 0.15) is 6.54 Å². The van der Waals surface area contributed by atoms with Gasteiger partial charge in [0.15, 0.2) is 0 Å². The molecular weight excluding hydrogens is 330 g/mol. The molecule has 0 atom stereocenters. The molecule has 2 aromatic carbocycles. The maximum atomic E-state index is 12.9. The third-order valence-corrected chi connectivity index (χ3v) is 4.26. The molecule has 0 unspecified atom stereocenters. The summed E-state index contributed by atoms with van der Waals surface area (Å²) >= 11 is 0. The summed E-state index contributed by atoms with van der Waals surface area (Å²) in [5.41, 5.74) is 0.487. The lowest BCUT2D eigenvalue weighted by molar-refractivity contribution is -0.132. The van der Waals surface area contributed by atoms with E-state index < -0.39 is 11.2 Å². The van der Waals surface area contributed by atoms with Crippen LogP contribution in [0.25, 0.3) is 10.9 Å². The second kappa shape index (κ2) is 7.82. The Labute approximate surface area is 150 Å². The minimum absolute atomic E-state index is 0.108. The van der Waals surface area contributed by atoms with Gasteiger partial charge in [0.2, 0.25) is 5.91 Å². The summed E-state index contributed by atoms with van der Waals surface area (Å²) in [6, 6.07) is 16.5. The quantitative estimate of drug-likeness (QED) is 0.739. The highest BCUT2D eigenvalue weighted by molar-refractivity contribution is 5.81. The van der Waals surface area contributed by atoms with Gasteiger partial charge in [-0.05, 0) is 24.1 Å². The summed E-state index contributed by atoms with van der Waals surface area (Å²) in [5, 5.41) is 0.394. The van der Waals surface area contributed by atoms with Gasteiger partial charge < -0.3 is 4.90 Å². The fraction of sp³-hybridized carbons (Fsp3) is 0.250. The van der Waals surface area contributed by atoms with Gasteiger partial charge in [-0.1, -0.05) is 49.4 Å². The average molecular weight is 351 g/mol. The summed E-state index contributed by atoms with van der Waals surface area (Å²) in [7, 11) is 0. The van der Waals surface area contributed by atoms with Crippen molar-refractivity contribution in [1.29, 1.82) is 0 Å². The fourth-order valence-corrected chi connectivity index (χ4v) is 3.00. The number of aromatic nitrogens is 2. The zero-order valence-corrected chi connectivity index (χ0v) is 14.6. The Balaban J connectivity index is 1.91. The molecule has 0 saturated heterocycles. The largest absolute Gasteiger partial charge is 0.337 e. The van der Waals surface area contributed by atoms with E-state index in [1.54, 1.807) is 29.2 Å². The van der Waals surface area contributed by atoms with Crippen LogP contribution in [0.15, 0.2) is 64.2 Å². The van der Waals surface area contributed by atoms with E-state index in [-0.39, 0.29) is 12.5 Å². The lowest BCUT2D eigenvalue weighted by Gasteiger charge is -2.23. The fourth-order valence-electron chi connectivity index (χ4n) is 3.00. The molecule has 0 saturated carbocycles. The molecule has 1 heterocycles. The molecule has 26 heavy (non-hydrogen) atoms. The third kappa shape index (κ3) is 3.74. The molecule has 1 aromatic heterocycles. The topological polar surface area (TPSA) is 75.2 Å². The number of aromatic amines is 1. The molecular formula is C20H21N3O3. The Morgan fingerprint density at radius 1 is 1.04 bits per heavy atom. The SMILES string of the molecule is CCCN(Cc1ccccc1)C(=O)Cn1c(=O)[nH]c(=O)c2ccccc21. The van der Waals surface area contributed by atoms with E-state index in [1.165, 1.54) is 4.57 Å². The predicted molar refractivity (Wildman–Crippen MR) is 101 cm³/mol. The van der Waals surface area contributed by atoms with Crippen molar-refractivity contribution in [2.75, 3.05) is 6.54 Å². The van der Waals surface area contributed by atoms with Crippen molar-refractivity contribution in [2.24, 2.45) is 0 Å². The Bertz CT molecular complexity index is 1020. The lowest BCUT2D eigenvalue weighted by atomic mass is 10.2. The van der Waals surface area contributed by atoms with E-state index in [1.807, 2.05) is 37.3 Å². The first kappa shape index (κ1) is 17.7. The van der Waals surface area contributed by atoms with E-state index in [0.717, 1.165) is 12.0 Å². The number of para-hydroxylation sites is 1. The van der Waals surface area contributed by atoms with Crippen LogP contribution in [0.2, 0.25) is 0 Å². The van der Waals surface area contributed by atoms with Gasteiger partial charge in [-0.3, -0.25) is 19.1 Å². The molecule has 134 valence electrons. The summed E-state index contributed by atoms with van der Waals surface area (Å²) in [6.45, 7) is 2.99. The number of carbonyl (C=O) groups excluding carboxylic acids is 1. The number of benzene rings is 2. The Hall–Kier alpha value is -3.15. The number of hydrogen-bond acceptors (Lipinski definition) is 3. The van der Waals surface area contributed by atoms with Crippen molar-refractivity contribution in [1.82, 2.24) is 14.5 Å². The second-order valence-corrected chi connectivity index (χ2v) is 6.16. The van der Waals surface area contributed by atoms with Gasteiger partial charge in [-0.15, -0.1) is 0 Å². The Morgan fingerprint density at radius 3 is 2.46 bits per heavy atom. The van der Waals surface area contributed by atoms with E-state index >= 15 is 0 Å². The van der Waals surface area contributed by atoms with Crippen LogP contribution in [0, 0.1) is 0 Å². The van der Waals surface area contributed by atoms with Crippen LogP contribution in [-0.4, -0.2) is 26.9 Å². The molecule has 6 heteroatoms. The van der Waals surface area contributed by atoms with Crippen LogP contribution in [0.4, 0.5) is 0 Å². The van der Waals surface area contributed by atoms with E-state index in [2.05, 4.69) is 4.98 Å². The van der Waals surface area contributed by atoms with Crippen LogP contribution in [0.5, 0.6) is 0 Å². The number of hydrogen-bond donors (Lipinski definition) is 1. The van der Waals surface area contributed by atoms with Gasteiger partial charge in [-0.25, -0.2) is 4.79 Å². The van der Waals surface area contributed by atoms with Gasteiger partial charge in [0.25, 0.3) is 5.56 Å². The summed E-state index contributed by atoms with van der Waals surface area (Å²) in [6.07, 6.45) is 0.819. The van der Waals surface area contributed by atoms with E-state index in [9.17, 15) is 14.4 Å². The van der Waals surface area contributed by atoms with Crippen molar-refractivity contribution in [3.63, 3.8) is 0 Å². The van der Waals surface area contributed by atoms with Crippen LogP contribution in [0.3, 0.4) is 0 Å². The number of fused-ring (bicyclic) bond motifs is 1. The van der Waals surface area contributed by atoms with Crippen LogP contribution in [-0.2, 0) is 17.9 Å². The van der Waals surface area contributed by atoms with Gasteiger partial charge >= 0.3 is 5.69 Å². The maximum absolute atomic E-state index is 12.9. The first-order valence-corrected chi connectivity index (χ1v) is 8.63. The minimum Gasteiger partial charge on any atom is -0.337 e. The highest BCUT2D eigenvalue weighted by Gasteiger charge is 2.16. The smallest absolute Gasteiger partial charge is 0.329 e. The molecule has 1 amide bonds. The van der Waals surface area contributed by atoms with Crippen molar-refractivity contribution < 1.29 is 4.79 Å². The van der Waals surface area contributed by atoms with Gasteiger partial charge in [0, 0.05) is 13.1 Å². The molecule has 0 aliphatic rings. The predicted octanol–water partition coefficient (Wildman–Crippen LogP) is 2.13. The molecule has 6 nitrogen and oxygen atoms in total. The first-order chi connectivity index (χ1) is 12.6. The molecule has 0 fully saturated rings. The molecule has 0 bridgehead atoms. The molecule has 0 aliphatic carbocycles. The number of carbonyl (C=O) groups is 1. The lowest BCUT2D eigenvalue weighted by Crippen LogP contribution is -2.39. The number of nitrogens with one attached hydrogen (secondary N) is 1. The normalized spacial score (nSPS) is 10.8. The number of H-pyrrole nitrogens is 1.